The largest absolute Gasteiger partial charge is 0.379 e. The Balaban J connectivity index is 3.94. The Morgan fingerprint density at radius 3 is 2.29 bits per heavy atom. The summed E-state index contributed by atoms with van der Waals surface area (Å²) in [6.45, 7) is 10.3. The van der Waals surface area contributed by atoms with E-state index in [0.29, 0.717) is 0 Å². The van der Waals surface area contributed by atoms with Crippen LogP contribution in [0.1, 0.15) is 47.0 Å². The Labute approximate surface area is 111 Å². The third kappa shape index (κ3) is 8.03. The molecule has 0 aliphatic carbocycles. The van der Waals surface area contributed by atoms with E-state index in [2.05, 4.69) is 32.4 Å². The first-order valence-corrected chi connectivity index (χ1v) is 7.56. The topological polar surface area (TPSA) is 30.5 Å². The zero-order chi connectivity index (χ0) is 13.4. The molecule has 0 rings (SSSR count). The Bertz CT molecular complexity index is 200. The van der Waals surface area contributed by atoms with Gasteiger partial charge in [0.05, 0.1) is 17.8 Å². The monoisotopic (exact) mass is 263 g/mol. The van der Waals surface area contributed by atoms with Gasteiger partial charge < -0.3 is 9.47 Å². The van der Waals surface area contributed by atoms with Gasteiger partial charge in [0.25, 0.3) is 0 Å². The lowest BCUT2D eigenvalue weighted by molar-refractivity contribution is -0.0707. The minimum atomic E-state index is -0.0911. The molecule has 0 radical (unpaired) electrons. The van der Waals surface area contributed by atoms with Crippen molar-refractivity contribution in [1.29, 1.82) is 0 Å². The van der Waals surface area contributed by atoms with Gasteiger partial charge in [0.2, 0.25) is 0 Å². The van der Waals surface area contributed by atoms with Crippen LogP contribution in [-0.4, -0.2) is 37.7 Å². The van der Waals surface area contributed by atoms with Crippen molar-refractivity contribution in [1.82, 2.24) is 4.72 Å². The fourth-order valence-electron chi connectivity index (χ4n) is 1.41. The predicted octanol–water partition coefficient (Wildman–Crippen LogP) is 3.24. The predicted molar refractivity (Wildman–Crippen MR) is 76.5 cm³/mol. The highest BCUT2D eigenvalue weighted by Crippen LogP contribution is 2.22. The van der Waals surface area contributed by atoms with Crippen molar-refractivity contribution in [3.63, 3.8) is 0 Å². The molecule has 17 heavy (non-hydrogen) atoms. The van der Waals surface area contributed by atoms with E-state index in [1.807, 2.05) is 6.26 Å². The molecule has 0 aliphatic heterocycles. The highest BCUT2D eigenvalue weighted by molar-refractivity contribution is 7.96. The molecule has 0 heterocycles. The first-order chi connectivity index (χ1) is 7.89. The van der Waals surface area contributed by atoms with Gasteiger partial charge in [0.1, 0.15) is 0 Å². The molecular weight excluding hydrogens is 234 g/mol. The van der Waals surface area contributed by atoms with Crippen LogP contribution in [0, 0.1) is 0 Å². The zero-order valence-corrected chi connectivity index (χ0v) is 13.1. The van der Waals surface area contributed by atoms with Crippen LogP contribution in [0.25, 0.3) is 0 Å². The van der Waals surface area contributed by atoms with Gasteiger partial charge >= 0.3 is 0 Å². The van der Waals surface area contributed by atoms with Crippen LogP contribution in [-0.2, 0) is 9.47 Å². The molecule has 4 heteroatoms. The molecule has 0 aromatic carbocycles. The smallest absolute Gasteiger partial charge is 0.0664 e. The van der Waals surface area contributed by atoms with Crippen LogP contribution in [0.3, 0.4) is 0 Å². The van der Waals surface area contributed by atoms with E-state index >= 15 is 0 Å². The van der Waals surface area contributed by atoms with Crippen LogP contribution < -0.4 is 4.72 Å². The third-order valence-corrected chi connectivity index (χ3v) is 3.85. The third-order valence-electron chi connectivity index (χ3n) is 3.36. The second-order valence-electron chi connectivity index (χ2n) is 5.21. The molecule has 0 fully saturated rings. The van der Waals surface area contributed by atoms with E-state index in [4.69, 9.17) is 9.47 Å². The molecule has 0 aromatic rings. The normalized spacial score (nSPS) is 15.9. The molecule has 1 atom stereocenters. The van der Waals surface area contributed by atoms with E-state index in [9.17, 15) is 0 Å². The zero-order valence-electron chi connectivity index (χ0n) is 12.3. The van der Waals surface area contributed by atoms with Crippen LogP contribution >= 0.6 is 11.9 Å². The summed E-state index contributed by atoms with van der Waals surface area (Å²) in [6.07, 6.45) is 5.05. The SMILES string of the molecule is CCC(C)(CCNSC)OCCC(C)(C)OC. The van der Waals surface area contributed by atoms with E-state index in [-0.39, 0.29) is 11.2 Å². The molecule has 0 saturated heterocycles. The number of hydrogen-bond donors (Lipinski definition) is 1. The maximum atomic E-state index is 6.03. The van der Waals surface area contributed by atoms with Crippen molar-refractivity contribution in [2.45, 2.75) is 58.2 Å². The van der Waals surface area contributed by atoms with Gasteiger partial charge in [-0.2, -0.15) is 0 Å². The van der Waals surface area contributed by atoms with Crippen molar-refractivity contribution in [2.75, 3.05) is 26.5 Å². The number of ether oxygens (including phenoxy) is 2. The van der Waals surface area contributed by atoms with E-state index < -0.39 is 0 Å². The fourth-order valence-corrected chi connectivity index (χ4v) is 1.72. The second-order valence-corrected chi connectivity index (χ2v) is 5.91. The number of hydrogen-bond acceptors (Lipinski definition) is 4. The van der Waals surface area contributed by atoms with Crippen LogP contribution in [0.2, 0.25) is 0 Å². The minimum Gasteiger partial charge on any atom is -0.379 e. The molecule has 0 aliphatic rings. The molecular formula is C13H29NO2S. The maximum Gasteiger partial charge on any atom is 0.0664 e. The Morgan fingerprint density at radius 1 is 1.18 bits per heavy atom. The van der Waals surface area contributed by atoms with Crippen LogP contribution in [0.4, 0.5) is 0 Å². The highest BCUT2D eigenvalue weighted by Gasteiger charge is 2.24. The average molecular weight is 263 g/mol. The summed E-state index contributed by atoms with van der Waals surface area (Å²) in [6, 6.07) is 0. The van der Waals surface area contributed by atoms with Crippen LogP contribution in [0.15, 0.2) is 0 Å². The van der Waals surface area contributed by atoms with Crippen molar-refractivity contribution >= 4 is 11.9 Å². The van der Waals surface area contributed by atoms with Crippen molar-refractivity contribution in [3.05, 3.63) is 0 Å². The lowest BCUT2D eigenvalue weighted by Gasteiger charge is -2.31. The first-order valence-electron chi connectivity index (χ1n) is 6.34. The second kappa shape index (κ2) is 8.35. The summed E-state index contributed by atoms with van der Waals surface area (Å²) in [5, 5.41) is 0. The van der Waals surface area contributed by atoms with Gasteiger partial charge in [0.15, 0.2) is 0 Å². The molecule has 104 valence electrons. The molecule has 0 amide bonds. The molecule has 1 N–H and O–H groups in total. The highest BCUT2D eigenvalue weighted by atomic mass is 32.2. The molecule has 0 spiro atoms. The van der Waals surface area contributed by atoms with Crippen molar-refractivity contribution < 1.29 is 9.47 Å². The lowest BCUT2D eigenvalue weighted by Crippen LogP contribution is -2.34. The number of rotatable bonds is 10. The van der Waals surface area contributed by atoms with Gasteiger partial charge in [-0.1, -0.05) is 18.9 Å². The summed E-state index contributed by atoms with van der Waals surface area (Å²) < 4.78 is 14.7. The van der Waals surface area contributed by atoms with Crippen molar-refractivity contribution in [2.24, 2.45) is 0 Å². The van der Waals surface area contributed by atoms with E-state index in [1.54, 1.807) is 19.1 Å². The fraction of sp³-hybridized carbons (Fsp3) is 1.00. The molecule has 0 aromatic heterocycles. The Hall–Kier alpha value is 0.230. The summed E-state index contributed by atoms with van der Waals surface area (Å²) >= 11 is 1.66. The standard InChI is InChI=1S/C13H29NO2S/c1-7-13(4,8-10-14-17-6)16-11-9-12(2,3)15-5/h14H,7-11H2,1-6H3. The average Bonchev–Trinajstić information content (AvgIpc) is 2.29. The molecule has 1 unspecified atom stereocenters. The number of nitrogens with one attached hydrogen (secondary N) is 1. The first kappa shape index (κ1) is 17.2. The van der Waals surface area contributed by atoms with Crippen LogP contribution in [0.5, 0.6) is 0 Å². The summed E-state index contributed by atoms with van der Waals surface area (Å²) in [5.74, 6) is 0. The van der Waals surface area contributed by atoms with Gasteiger partial charge in [-0.15, -0.1) is 0 Å². The quantitative estimate of drug-likeness (QED) is 0.484. The van der Waals surface area contributed by atoms with Crippen molar-refractivity contribution in [3.8, 4) is 0 Å². The Morgan fingerprint density at radius 2 is 1.82 bits per heavy atom. The minimum absolute atomic E-state index is 0.0213. The summed E-state index contributed by atoms with van der Waals surface area (Å²) in [5.41, 5.74) is -0.112. The lowest BCUT2D eigenvalue weighted by atomic mass is 9.98. The van der Waals surface area contributed by atoms with Gasteiger partial charge in [0, 0.05) is 13.7 Å². The van der Waals surface area contributed by atoms with Gasteiger partial charge in [-0.25, -0.2) is 0 Å². The number of methoxy groups -OCH3 is 1. The van der Waals surface area contributed by atoms with E-state index in [0.717, 1.165) is 32.4 Å². The molecule has 0 bridgehead atoms. The maximum absolute atomic E-state index is 6.03. The Kier molecular flexibility index (Phi) is 8.47. The summed E-state index contributed by atoms with van der Waals surface area (Å²) in [4.78, 5) is 0. The summed E-state index contributed by atoms with van der Waals surface area (Å²) in [7, 11) is 1.75. The van der Waals surface area contributed by atoms with Gasteiger partial charge in [-0.05, 0) is 46.3 Å². The van der Waals surface area contributed by atoms with Gasteiger partial charge in [-0.3, -0.25) is 4.72 Å². The molecule has 3 nitrogen and oxygen atoms in total. The molecule has 0 saturated carbocycles. The van der Waals surface area contributed by atoms with E-state index in [1.165, 1.54) is 0 Å².